The highest BCUT2D eigenvalue weighted by Gasteiger charge is 2.54. The van der Waals surface area contributed by atoms with Gasteiger partial charge in [0.05, 0.1) is 0 Å². The van der Waals surface area contributed by atoms with E-state index in [0.717, 1.165) is 25.7 Å². The molecule has 4 saturated carbocycles. The van der Waals surface area contributed by atoms with Gasteiger partial charge in [0, 0.05) is 24.7 Å². The van der Waals surface area contributed by atoms with Crippen molar-refractivity contribution in [3.8, 4) is 0 Å². The van der Waals surface area contributed by atoms with Crippen molar-refractivity contribution in [1.29, 1.82) is 0 Å². The van der Waals surface area contributed by atoms with Crippen molar-refractivity contribution < 1.29 is 9.59 Å². The molecule has 4 unspecified atom stereocenters. The summed E-state index contributed by atoms with van der Waals surface area (Å²) in [6.07, 6.45) is 4.66. The summed E-state index contributed by atoms with van der Waals surface area (Å²) >= 11 is 0. The van der Waals surface area contributed by atoms with Gasteiger partial charge in [-0.05, 0) is 36.5 Å². The molecule has 0 aromatic rings. The average molecular weight is 220 g/mol. The zero-order valence-corrected chi connectivity index (χ0v) is 10.2. The molecule has 88 valence electrons. The van der Waals surface area contributed by atoms with E-state index in [2.05, 4.69) is 13.8 Å². The fourth-order valence-corrected chi connectivity index (χ4v) is 4.50. The number of carbonyl (C=O) groups excluding carboxylic acids is 2. The SMILES string of the molecule is CC1(C)CC(=O)C2C3CCC(C(=O)C3)C2C1. The topological polar surface area (TPSA) is 34.1 Å². The Morgan fingerprint density at radius 2 is 1.88 bits per heavy atom. The van der Waals surface area contributed by atoms with Gasteiger partial charge >= 0.3 is 0 Å². The predicted molar refractivity (Wildman–Crippen MR) is 60.8 cm³/mol. The molecule has 0 N–H and O–H groups in total. The second kappa shape index (κ2) is 3.18. The molecule has 2 heteroatoms. The maximum absolute atomic E-state index is 12.2. The van der Waals surface area contributed by atoms with Crippen molar-refractivity contribution in [2.45, 2.75) is 46.0 Å². The molecule has 2 nitrogen and oxygen atoms in total. The molecule has 4 aliphatic carbocycles. The molecule has 4 fully saturated rings. The van der Waals surface area contributed by atoms with Gasteiger partial charge in [0.25, 0.3) is 0 Å². The quantitative estimate of drug-likeness (QED) is 0.629. The summed E-state index contributed by atoms with van der Waals surface area (Å²) in [6.45, 7) is 4.35. The molecule has 0 aliphatic heterocycles. The Labute approximate surface area is 96.8 Å². The molecule has 2 bridgehead atoms. The number of hydrogen-bond acceptors (Lipinski definition) is 2. The van der Waals surface area contributed by atoms with Crippen LogP contribution in [0, 0.1) is 29.1 Å². The maximum atomic E-state index is 12.2. The first-order valence-corrected chi connectivity index (χ1v) is 6.53. The van der Waals surface area contributed by atoms with E-state index in [4.69, 9.17) is 0 Å². The lowest BCUT2D eigenvalue weighted by atomic mass is 9.50. The molecule has 4 atom stereocenters. The molecule has 0 amide bonds. The van der Waals surface area contributed by atoms with Crippen LogP contribution in [0.5, 0.6) is 0 Å². The number of carbonyl (C=O) groups is 2. The number of rotatable bonds is 0. The Morgan fingerprint density at radius 1 is 1.12 bits per heavy atom. The van der Waals surface area contributed by atoms with Crippen molar-refractivity contribution in [2.75, 3.05) is 0 Å². The van der Waals surface area contributed by atoms with E-state index < -0.39 is 0 Å². The first-order chi connectivity index (χ1) is 7.48. The highest BCUT2D eigenvalue weighted by Crippen LogP contribution is 2.55. The molecule has 0 saturated heterocycles. The monoisotopic (exact) mass is 220 g/mol. The van der Waals surface area contributed by atoms with Gasteiger partial charge in [-0.3, -0.25) is 9.59 Å². The Balaban J connectivity index is 1.95. The third-order valence-corrected chi connectivity index (χ3v) is 5.02. The lowest BCUT2D eigenvalue weighted by molar-refractivity contribution is -0.151. The second-order valence-electron chi connectivity index (χ2n) is 6.82. The van der Waals surface area contributed by atoms with E-state index in [9.17, 15) is 9.59 Å². The lowest BCUT2D eigenvalue weighted by Gasteiger charge is -2.52. The zero-order valence-electron chi connectivity index (χ0n) is 10.2. The number of fused-ring (bicyclic) bond motifs is 2. The number of ketones is 2. The minimum absolute atomic E-state index is 0.121. The average Bonchev–Trinajstić information content (AvgIpc) is 2.14. The minimum atomic E-state index is 0.121. The van der Waals surface area contributed by atoms with Crippen molar-refractivity contribution in [2.24, 2.45) is 29.1 Å². The van der Waals surface area contributed by atoms with Crippen LogP contribution in [0.3, 0.4) is 0 Å². The van der Waals surface area contributed by atoms with Gasteiger partial charge in [-0.2, -0.15) is 0 Å². The molecule has 16 heavy (non-hydrogen) atoms. The van der Waals surface area contributed by atoms with E-state index in [1.807, 2.05) is 0 Å². The normalized spacial score (nSPS) is 45.6. The molecule has 0 aromatic carbocycles. The summed E-state index contributed by atoms with van der Waals surface area (Å²) in [5.41, 5.74) is 0.121. The minimum Gasteiger partial charge on any atom is -0.299 e. The molecule has 0 spiro atoms. The van der Waals surface area contributed by atoms with E-state index in [1.165, 1.54) is 0 Å². The summed E-state index contributed by atoms with van der Waals surface area (Å²) in [5, 5.41) is 0. The third-order valence-electron chi connectivity index (χ3n) is 5.02. The van der Waals surface area contributed by atoms with Crippen LogP contribution in [0.15, 0.2) is 0 Å². The van der Waals surface area contributed by atoms with Gasteiger partial charge in [-0.25, -0.2) is 0 Å². The van der Waals surface area contributed by atoms with E-state index in [1.54, 1.807) is 0 Å². The fraction of sp³-hybridized carbons (Fsp3) is 0.857. The first-order valence-electron chi connectivity index (χ1n) is 6.53. The standard InChI is InChI=1S/C14H20O2/c1-14(2)6-10-9-4-3-8(5-11(9)15)13(10)12(16)7-14/h8-10,13H,3-7H2,1-2H3. The van der Waals surface area contributed by atoms with Crippen LogP contribution >= 0.6 is 0 Å². The number of hydrogen-bond donors (Lipinski definition) is 0. The van der Waals surface area contributed by atoms with Crippen LogP contribution in [0.25, 0.3) is 0 Å². The van der Waals surface area contributed by atoms with Crippen molar-refractivity contribution in [3.63, 3.8) is 0 Å². The highest BCUT2D eigenvalue weighted by atomic mass is 16.1. The van der Waals surface area contributed by atoms with Crippen LogP contribution in [0.4, 0.5) is 0 Å². The Kier molecular flexibility index (Phi) is 2.08. The Hall–Kier alpha value is -0.660. The molecule has 0 aromatic heterocycles. The summed E-state index contributed by atoms with van der Waals surface area (Å²) in [5.74, 6) is 2.14. The van der Waals surface area contributed by atoms with Crippen LogP contribution in [-0.2, 0) is 9.59 Å². The molecular weight excluding hydrogens is 200 g/mol. The Bertz CT molecular complexity index is 356. The van der Waals surface area contributed by atoms with Crippen LogP contribution in [0.2, 0.25) is 0 Å². The van der Waals surface area contributed by atoms with Gasteiger partial charge in [0.15, 0.2) is 0 Å². The Morgan fingerprint density at radius 3 is 2.56 bits per heavy atom. The van der Waals surface area contributed by atoms with Gasteiger partial charge in [0.2, 0.25) is 0 Å². The molecule has 4 aliphatic rings. The van der Waals surface area contributed by atoms with Crippen molar-refractivity contribution >= 4 is 11.6 Å². The van der Waals surface area contributed by atoms with Crippen molar-refractivity contribution in [3.05, 3.63) is 0 Å². The largest absolute Gasteiger partial charge is 0.299 e. The van der Waals surface area contributed by atoms with E-state index >= 15 is 0 Å². The van der Waals surface area contributed by atoms with Crippen molar-refractivity contribution in [1.82, 2.24) is 0 Å². The van der Waals surface area contributed by atoms with Gasteiger partial charge in [-0.15, -0.1) is 0 Å². The van der Waals surface area contributed by atoms with Crippen LogP contribution < -0.4 is 0 Å². The summed E-state index contributed by atoms with van der Waals surface area (Å²) < 4.78 is 0. The first kappa shape index (κ1) is 10.5. The van der Waals surface area contributed by atoms with E-state index in [-0.39, 0.29) is 17.3 Å². The summed E-state index contributed by atoms with van der Waals surface area (Å²) in [4.78, 5) is 24.1. The number of Topliss-reactive ketones (excluding diaryl/α,β-unsaturated/α-hetero) is 2. The fourth-order valence-electron chi connectivity index (χ4n) is 4.50. The van der Waals surface area contributed by atoms with Crippen LogP contribution in [0.1, 0.15) is 46.0 Å². The smallest absolute Gasteiger partial charge is 0.137 e. The second-order valence-corrected chi connectivity index (χ2v) is 6.82. The van der Waals surface area contributed by atoms with Crippen LogP contribution in [-0.4, -0.2) is 11.6 Å². The molecule has 0 heterocycles. The lowest BCUT2D eigenvalue weighted by Crippen LogP contribution is -2.53. The van der Waals surface area contributed by atoms with Gasteiger partial charge in [-0.1, -0.05) is 13.8 Å². The summed E-state index contributed by atoms with van der Waals surface area (Å²) in [6, 6.07) is 0. The molecule has 4 rings (SSSR count). The summed E-state index contributed by atoms with van der Waals surface area (Å²) in [7, 11) is 0. The predicted octanol–water partition coefficient (Wildman–Crippen LogP) is 2.61. The van der Waals surface area contributed by atoms with Gasteiger partial charge in [0.1, 0.15) is 11.6 Å². The third kappa shape index (κ3) is 1.38. The highest BCUT2D eigenvalue weighted by molar-refractivity contribution is 5.90. The van der Waals surface area contributed by atoms with E-state index in [0.29, 0.717) is 29.8 Å². The zero-order chi connectivity index (χ0) is 11.5. The van der Waals surface area contributed by atoms with Gasteiger partial charge < -0.3 is 0 Å². The maximum Gasteiger partial charge on any atom is 0.137 e. The molecule has 0 radical (unpaired) electrons. The molecular formula is C14H20O2.